The highest BCUT2D eigenvalue weighted by Gasteiger charge is 2.51. The van der Waals surface area contributed by atoms with Gasteiger partial charge in [-0.15, -0.1) is 0 Å². The molecule has 3 fully saturated rings. The standard InChI is InChI=1S/C35H40F3N5O3/c1-3-46-31-24(8-5-17-39-31)26-12-11-25-30(40-26)32(44)42(23-34-13-6-18-43(34)19-7-14-34)22-33(25)15-20-41(21-16-33)27-9-4-10-28(45-2)29(27)35(36,37)38/h4-5,8-12,17H,3,6-7,13-16,18-23H2,1-2H3. The molecule has 8 nitrogen and oxygen atoms in total. The van der Waals surface area contributed by atoms with Gasteiger partial charge in [-0.2, -0.15) is 13.2 Å². The van der Waals surface area contributed by atoms with Crippen LogP contribution in [0.1, 0.15) is 67.1 Å². The number of aromatic nitrogens is 2. The third-order valence-electron chi connectivity index (χ3n) is 10.6. The maximum absolute atomic E-state index is 14.4. The molecule has 7 rings (SSSR count). The van der Waals surface area contributed by atoms with E-state index in [1.54, 1.807) is 12.3 Å². The Morgan fingerprint density at radius 2 is 1.72 bits per heavy atom. The molecule has 0 N–H and O–H groups in total. The number of carbonyl (C=O) groups excluding carboxylic acids is 1. The number of benzene rings is 1. The van der Waals surface area contributed by atoms with Gasteiger partial charge in [0.2, 0.25) is 5.88 Å². The largest absolute Gasteiger partial charge is 0.496 e. The van der Waals surface area contributed by atoms with Crippen LogP contribution in [0.3, 0.4) is 0 Å². The van der Waals surface area contributed by atoms with Gasteiger partial charge in [0.15, 0.2) is 0 Å². The van der Waals surface area contributed by atoms with E-state index in [-0.39, 0.29) is 22.9 Å². The fourth-order valence-electron chi connectivity index (χ4n) is 8.52. The highest BCUT2D eigenvalue weighted by atomic mass is 19.4. The van der Waals surface area contributed by atoms with Crippen molar-refractivity contribution in [1.29, 1.82) is 0 Å². The van der Waals surface area contributed by atoms with Crippen molar-refractivity contribution in [2.45, 2.75) is 62.6 Å². The van der Waals surface area contributed by atoms with Crippen LogP contribution in [0.5, 0.6) is 11.6 Å². The maximum Gasteiger partial charge on any atom is 0.421 e. The second-order valence-electron chi connectivity index (χ2n) is 13.1. The third kappa shape index (κ3) is 5.16. The van der Waals surface area contributed by atoms with E-state index in [4.69, 9.17) is 14.5 Å². The molecule has 1 spiro atoms. The molecule has 4 aliphatic heterocycles. The van der Waals surface area contributed by atoms with E-state index in [0.29, 0.717) is 62.9 Å². The lowest BCUT2D eigenvalue weighted by molar-refractivity contribution is -0.138. The average Bonchev–Trinajstić information content (AvgIpc) is 3.63. The number of hydrogen-bond donors (Lipinski definition) is 0. The zero-order chi connectivity index (χ0) is 32.1. The number of ether oxygens (including phenoxy) is 2. The van der Waals surface area contributed by atoms with Crippen LogP contribution >= 0.6 is 0 Å². The van der Waals surface area contributed by atoms with Gasteiger partial charge in [-0.05, 0) is 94.4 Å². The van der Waals surface area contributed by atoms with Gasteiger partial charge in [0.25, 0.3) is 5.91 Å². The molecule has 1 amide bonds. The van der Waals surface area contributed by atoms with Crippen molar-refractivity contribution < 1.29 is 27.4 Å². The van der Waals surface area contributed by atoms with Crippen LogP contribution in [0.15, 0.2) is 48.7 Å². The van der Waals surface area contributed by atoms with Crippen LogP contribution in [0.4, 0.5) is 18.9 Å². The van der Waals surface area contributed by atoms with Gasteiger partial charge in [0.05, 0.1) is 30.7 Å². The van der Waals surface area contributed by atoms with Crippen LogP contribution in [0.25, 0.3) is 11.3 Å². The lowest BCUT2D eigenvalue weighted by atomic mass is 9.69. The molecule has 0 atom stereocenters. The lowest BCUT2D eigenvalue weighted by Gasteiger charge is -2.50. The SMILES string of the molecule is CCOc1ncccc1-c1ccc2c(n1)C(=O)N(CC13CCCN1CCC3)CC21CCN(c2cccc(OC)c2C(F)(F)F)CC1. The van der Waals surface area contributed by atoms with Gasteiger partial charge in [0, 0.05) is 43.3 Å². The highest BCUT2D eigenvalue weighted by molar-refractivity contribution is 5.96. The predicted molar refractivity (Wildman–Crippen MR) is 168 cm³/mol. The first-order chi connectivity index (χ1) is 22.2. The van der Waals surface area contributed by atoms with E-state index in [0.717, 1.165) is 49.9 Å². The van der Waals surface area contributed by atoms with Crippen molar-refractivity contribution in [2.24, 2.45) is 0 Å². The zero-order valence-corrected chi connectivity index (χ0v) is 26.4. The number of alkyl halides is 3. The number of piperidine rings is 1. The van der Waals surface area contributed by atoms with Crippen molar-refractivity contribution in [2.75, 3.05) is 57.9 Å². The van der Waals surface area contributed by atoms with E-state index < -0.39 is 17.2 Å². The smallest absolute Gasteiger partial charge is 0.421 e. The number of halogens is 3. The van der Waals surface area contributed by atoms with Crippen LogP contribution in [-0.4, -0.2) is 84.2 Å². The molecule has 6 heterocycles. The van der Waals surface area contributed by atoms with Gasteiger partial charge in [-0.1, -0.05) is 12.1 Å². The number of rotatable bonds is 7. The molecular weight excluding hydrogens is 595 g/mol. The molecule has 0 unspecified atom stereocenters. The number of hydrogen-bond acceptors (Lipinski definition) is 7. The van der Waals surface area contributed by atoms with Gasteiger partial charge >= 0.3 is 6.18 Å². The number of fused-ring (bicyclic) bond motifs is 3. The molecule has 0 bridgehead atoms. The Labute approximate surface area is 267 Å². The first-order valence-electron chi connectivity index (χ1n) is 16.3. The Morgan fingerprint density at radius 3 is 2.41 bits per heavy atom. The van der Waals surface area contributed by atoms with Gasteiger partial charge < -0.3 is 19.3 Å². The zero-order valence-electron chi connectivity index (χ0n) is 26.4. The minimum absolute atomic E-state index is 0.0135. The Morgan fingerprint density at radius 1 is 0.957 bits per heavy atom. The van der Waals surface area contributed by atoms with Gasteiger partial charge in [0.1, 0.15) is 17.0 Å². The van der Waals surface area contributed by atoms with Crippen LogP contribution in [-0.2, 0) is 11.6 Å². The van der Waals surface area contributed by atoms with E-state index in [1.807, 2.05) is 41.0 Å². The molecule has 1 aromatic carbocycles. The van der Waals surface area contributed by atoms with E-state index in [1.165, 1.54) is 19.2 Å². The summed E-state index contributed by atoms with van der Waals surface area (Å²) in [6.07, 6.45) is 2.69. The van der Waals surface area contributed by atoms with E-state index in [2.05, 4.69) is 9.88 Å². The summed E-state index contributed by atoms with van der Waals surface area (Å²) in [4.78, 5) is 30.2. The monoisotopic (exact) mass is 635 g/mol. The number of nitrogens with zero attached hydrogens (tertiary/aromatic N) is 5. The maximum atomic E-state index is 14.4. The summed E-state index contributed by atoms with van der Waals surface area (Å²) in [7, 11) is 1.27. The van der Waals surface area contributed by atoms with Crippen LogP contribution in [0, 0.1) is 0 Å². The lowest BCUT2D eigenvalue weighted by Crippen LogP contribution is -2.59. The molecule has 11 heteroatoms. The number of carbonyl (C=O) groups is 1. The molecule has 3 aromatic rings. The summed E-state index contributed by atoms with van der Waals surface area (Å²) in [6.45, 7) is 6.46. The molecule has 2 aromatic heterocycles. The van der Waals surface area contributed by atoms with Crippen molar-refractivity contribution in [1.82, 2.24) is 19.8 Å². The van der Waals surface area contributed by atoms with E-state index in [9.17, 15) is 18.0 Å². The summed E-state index contributed by atoms with van der Waals surface area (Å²) in [6, 6.07) is 12.1. The minimum atomic E-state index is -4.56. The summed E-state index contributed by atoms with van der Waals surface area (Å²) >= 11 is 0. The fraction of sp³-hybridized carbons (Fsp3) is 0.514. The third-order valence-corrected chi connectivity index (χ3v) is 10.6. The van der Waals surface area contributed by atoms with Crippen molar-refractivity contribution >= 4 is 11.6 Å². The molecule has 0 radical (unpaired) electrons. The Balaban J connectivity index is 1.26. The second kappa shape index (κ2) is 11.7. The van der Waals surface area contributed by atoms with Crippen molar-refractivity contribution in [3.63, 3.8) is 0 Å². The minimum Gasteiger partial charge on any atom is -0.496 e. The van der Waals surface area contributed by atoms with E-state index >= 15 is 0 Å². The Bertz CT molecular complexity index is 1610. The van der Waals surface area contributed by atoms with Crippen LogP contribution < -0.4 is 14.4 Å². The summed E-state index contributed by atoms with van der Waals surface area (Å²) < 4.78 is 53.7. The Kier molecular flexibility index (Phi) is 7.85. The predicted octanol–water partition coefficient (Wildman–Crippen LogP) is 6.19. The normalized spacial score (nSPS) is 20.6. The molecule has 0 aliphatic carbocycles. The topological polar surface area (TPSA) is 71.0 Å². The molecular formula is C35H40F3N5O3. The fourth-order valence-corrected chi connectivity index (χ4v) is 8.52. The number of anilines is 1. The summed E-state index contributed by atoms with van der Waals surface area (Å²) in [5.41, 5.74) is 1.59. The molecule has 3 saturated heterocycles. The molecule has 4 aliphatic rings. The quantitative estimate of drug-likeness (QED) is 0.307. The van der Waals surface area contributed by atoms with Gasteiger partial charge in [-0.3, -0.25) is 9.69 Å². The van der Waals surface area contributed by atoms with Gasteiger partial charge in [-0.25, -0.2) is 9.97 Å². The second-order valence-corrected chi connectivity index (χ2v) is 13.1. The highest BCUT2D eigenvalue weighted by Crippen LogP contribution is 2.48. The summed E-state index contributed by atoms with van der Waals surface area (Å²) in [5, 5.41) is 0. The molecule has 0 saturated carbocycles. The first kappa shape index (κ1) is 30.8. The molecule has 244 valence electrons. The average molecular weight is 636 g/mol. The Hall–Kier alpha value is -3.86. The van der Waals surface area contributed by atoms with Crippen molar-refractivity contribution in [3.8, 4) is 22.9 Å². The summed E-state index contributed by atoms with van der Waals surface area (Å²) in [5.74, 6) is 0.207. The molecule has 46 heavy (non-hydrogen) atoms. The van der Waals surface area contributed by atoms with Crippen LogP contribution in [0.2, 0.25) is 0 Å². The first-order valence-corrected chi connectivity index (χ1v) is 16.3. The van der Waals surface area contributed by atoms with Crippen molar-refractivity contribution in [3.05, 3.63) is 65.5 Å². The number of pyridine rings is 2. The number of methoxy groups -OCH3 is 1. The number of amides is 1.